The summed E-state index contributed by atoms with van der Waals surface area (Å²) < 4.78 is 0. The Kier molecular flexibility index (Phi) is 8.01. The van der Waals surface area contributed by atoms with E-state index in [1.54, 1.807) is 0 Å². The molecule has 1 atom stereocenters. The molecule has 0 spiro atoms. The quantitative estimate of drug-likeness (QED) is 0.392. The van der Waals surface area contributed by atoms with Gasteiger partial charge in [-0.1, -0.05) is 40.2 Å². The summed E-state index contributed by atoms with van der Waals surface area (Å²) in [5.74, 6) is -1.98. The Bertz CT molecular complexity index is 837. The van der Waals surface area contributed by atoms with Crippen molar-refractivity contribution < 1.29 is 29.6 Å². The van der Waals surface area contributed by atoms with E-state index in [1.807, 2.05) is 0 Å². The van der Waals surface area contributed by atoms with Crippen molar-refractivity contribution in [1.29, 1.82) is 0 Å². The lowest BCUT2D eigenvalue weighted by molar-refractivity contribution is -0.385. The summed E-state index contributed by atoms with van der Waals surface area (Å²) >= 11 is 2.94. The first kappa shape index (κ1) is 21.7. The zero-order valence-corrected chi connectivity index (χ0v) is 15.1. The van der Waals surface area contributed by atoms with Crippen LogP contribution in [0.1, 0.15) is 16.0 Å². The normalized spacial score (nSPS) is 10.9. The van der Waals surface area contributed by atoms with Crippen LogP contribution >= 0.6 is 15.9 Å². The number of halogens is 1. The molecule has 0 amide bonds. The van der Waals surface area contributed by atoms with Crippen LogP contribution in [0.25, 0.3) is 0 Å². The van der Waals surface area contributed by atoms with Crippen LogP contribution in [0.2, 0.25) is 0 Å². The molecule has 0 radical (unpaired) electrons. The highest BCUT2D eigenvalue weighted by atomic mass is 79.9. The Labute approximate surface area is 160 Å². The number of aliphatic carboxylic acids is 2. The average molecular weight is 441 g/mol. The van der Waals surface area contributed by atoms with E-state index in [1.165, 1.54) is 48.5 Å². The molecule has 142 valence electrons. The molecule has 0 aliphatic heterocycles. The van der Waals surface area contributed by atoms with Gasteiger partial charge in [0.25, 0.3) is 11.4 Å². The molecule has 2 N–H and O–H groups in total. The van der Waals surface area contributed by atoms with Gasteiger partial charge < -0.3 is 10.2 Å². The number of alkyl halides is 1. The smallest absolute Gasteiger partial charge is 0.321 e. The third-order valence-corrected chi connectivity index (χ3v) is 4.04. The van der Waals surface area contributed by atoms with Gasteiger partial charge in [-0.3, -0.25) is 29.8 Å². The van der Waals surface area contributed by atoms with Crippen molar-refractivity contribution >= 4 is 39.2 Å². The number of nitrogens with zero attached hydrogens (tertiary/aromatic N) is 2. The fourth-order valence-corrected chi connectivity index (χ4v) is 2.12. The van der Waals surface area contributed by atoms with Crippen molar-refractivity contribution in [1.82, 2.24) is 0 Å². The Morgan fingerprint density at radius 3 is 1.63 bits per heavy atom. The van der Waals surface area contributed by atoms with E-state index < -0.39 is 26.6 Å². The van der Waals surface area contributed by atoms with Gasteiger partial charge in [0.1, 0.15) is 4.83 Å². The fourth-order valence-electron chi connectivity index (χ4n) is 1.82. The summed E-state index contributed by atoms with van der Waals surface area (Å²) in [6.45, 7) is 0. The third-order valence-electron chi connectivity index (χ3n) is 3.12. The van der Waals surface area contributed by atoms with E-state index in [2.05, 4.69) is 15.9 Å². The van der Waals surface area contributed by atoms with Crippen LogP contribution in [-0.4, -0.2) is 32.0 Å². The molecule has 0 saturated carbocycles. The van der Waals surface area contributed by atoms with Gasteiger partial charge in [0.15, 0.2) is 0 Å². The molecule has 0 saturated heterocycles. The summed E-state index contributed by atoms with van der Waals surface area (Å²) in [4.78, 5) is 39.4. The van der Waals surface area contributed by atoms with Crippen molar-refractivity contribution in [3.05, 3.63) is 79.9 Å². The molecule has 0 aliphatic carbocycles. The fraction of sp³-hybridized carbons (Fsp3) is 0.125. The van der Waals surface area contributed by atoms with Gasteiger partial charge in [-0.25, -0.2) is 0 Å². The molecule has 2 rings (SSSR count). The standard InChI is InChI=1S/C8H6BrNO4.C8H7NO4/c9-7(8(11)12)5-1-3-6(4-2-5)10(13)14;10-8(11)5-6-1-3-7(4-2-6)9(12)13/h1-4,7H,(H,11,12);1-4H,5H2,(H,10,11). The molecule has 10 nitrogen and oxygen atoms in total. The molecule has 0 aromatic heterocycles. The van der Waals surface area contributed by atoms with E-state index in [4.69, 9.17) is 10.2 Å². The number of carbonyl (C=O) groups is 2. The molecule has 11 heteroatoms. The van der Waals surface area contributed by atoms with Crippen LogP contribution in [-0.2, 0) is 16.0 Å². The topological polar surface area (TPSA) is 161 Å². The number of nitro benzene ring substituents is 2. The second-order valence-electron chi connectivity index (χ2n) is 5.04. The predicted octanol–water partition coefficient (Wildman–Crippen LogP) is 3.34. The van der Waals surface area contributed by atoms with Crippen LogP contribution in [0.5, 0.6) is 0 Å². The summed E-state index contributed by atoms with van der Waals surface area (Å²) in [5, 5.41) is 37.6. The molecule has 0 bridgehead atoms. The molecular weight excluding hydrogens is 428 g/mol. The molecule has 2 aromatic rings. The van der Waals surface area contributed by atoms with Gasteiger partial charge in [0.2, 0.25) is 0 Å². The summed E-state index contributed by atoms with van der Waals surface area (Å²) in [6, 6.07) is 10.8. The maximum absolute atomic E-state index is 10.5. The van der Waals surface area contributed by atoms with Crippen LogP contribution in [0, 0.1) is 20.2 Å². The SMILES string of the molecule is O=C(O)C(Br)c1ccc([N+](=O)[O-])cc1.O=C(O)Cc1ccc([N+](=O)[O-])cc1. The minimum Gasteiger partial charge on any atom is -0.481 e. The Morgan fingerprint density at radius 2 is 1.30 bits per heavy atom. The number of rotatable bonds is 6. The molecule has 27 heavy (non-hydrogen) atoms. The monoisotopic (exact) mass is 440 g/mol. The second-order valence-corrected chi connectivity index (χ2v) is 5.96. The first-order valence-electron chi connectivity index (χ1n) is 7.18. The predicted molar refractivity (Wildman–Crippen MR) is 96.8 cm³/mol. The lowest BCUT2D eigenvalue weighted by Gasteiger charge is -2.03. The highest BCUT2D eigenvalue weighted by Gasteiger charge is 2.16. The maximum atomic E-state index is 10.5. The van der Waals surface area contributed by atoms with Gasteiger partial charge in [-0.2, -0.15) is 0 Å². The molecule has 0 heterocycles. The zero-order chi connectivity index (χ0) is 20.6. The van der Waals surface area contributed by atoms with Crippen molar-refractivity contribution in [2.75, 3.05) is 0 Å². The van der Waals surface area contributed by atoms with Crippen LogP contribution in [0.15, 0.2) is 48.5 Å². The minimum absolute atomic E-state index is 0.0332. The third kappa shape index (κ3) is 7.20. The Morgan fingerprint density at radius 1 is 0.889 bits per heavy atom. The minimum atomic E-state index is -1.03. The lowest BCUT2D eigenvalue weighted by Crippen LogP contribution is -2.04. The largest absolute Gasteiger partial charge is 0.481 e. The molecule has 1 unspecified atom stereocenters. The first-order chi connectivity index (χ1) is 12.6. The number of carboxylic acids is 2. The van der Waals surface area contributed by atoms with Crippen molar-refractivity contribution in [3.63, 3.8) is 0 Å². The van der Waals surface area contributed by atoms with Gasteiger partial charge in [-0.15, -0.1) is 0 Å². The number of hydrogen-bond donors (Lipinski definition) is 2. The Balaban J connectivity index is 0.000000271. The van der Waals surface area contributed by atoms with E-state index in [0.717, 1.165) is 0 Å². The molecule has 2 aromatic carbocycles. The second kappa shape index (κ2) is 9.97. The number of nitro groups is 2. The maximum Gasteiger partial charge on any atom is 0.321 e. The summed E-state index contributed by atoms with van der Waals surface area (Å²) in [6.07, 6.45) is -0.113. The van der Waals surface area contributed by atoms with E-state index >= 15 is 0 Å². The van der Waals surface area contributed by atoms with E-state index in [0.29, 0.717) is 11.1 Å². The van der Waals surface area contributed by atoms with Crippen LogP contribution < -0.4 is 0 Å². The lowest BCUT2D eigenvalue weighted by atomic mass is 10.1. The Hall–Kier alpha value is -3.34. The zero-order valence-electron chi connectivity index (χ0n) is 13.5. The van der Waals surface area contributed by atoms with Gasteiger partial charge in [0.05, 0.1) is 16.3 Å². The van der Waals surface area contributed by atoms with Crippen LogP contribution in [0.3, 0.4) is 0 Å². The highest BCUT2D eigenvalue weighted by Crippen LogP contribution is 2.24. The van der Waals surface area contributed by atoms with E-state index in [-0.39, 0.29) is 17.8 Å². The van der Waals surface area contributed by atoms with Crippen molar-refractivity contribution in [3.8, 4) is 0 Å². The molecule has 0 fully saturated rings. The van der Waals surface area contributed by atoms with Crippen molar-refractivity contribution in [2.45, 2.75) is 11.2 Å². The molecule has 0 aliphatic rings. The number of hydrogen-bond acceptors (Lipinski definition) is 6. The van der Waals surface area contributed by atoms with Crippen molar-refractivity contribution in [2.24, 2.45) is 0 Å². The van der Waals surface area contributed by atoms with Gasteiger partial charge in [-0.05, 0) is 11.1 Å². The first-order valence-corrected chi connectivity index (χ1v) is 8.09. The van der Waals surface area contributed by atoms with Gasteiger partial charge in [0, 0.05) is 24.3 Å². The highest BCUT2D eigenvalue weighted by molar-refractivity contribution is 9.09. The summed E-state index contributed by atoms with van der Waals surface area (Å²) in [5.41, 5.74) is 0.939. The van der Waals surface area contributed by atoms with E-state index in [9.17, 15) is 29.8 Å². The number of benzene rings is 2. The average Bonchev–Trinajstić information content (AvgIpc) is 2.61. The summed E-state index contributed by atoms with van der Waals surface area (Å²) in [7, 11) is 0. The number of non-ortho nitro benzene ring substituents is 2. The van der Waals surface area contributed by atoms with Gasteiger partial charge >= 0.3 is 11.9 Å². The number of carboxylic acid groups (broad SMARTS) is 2. The van der Waals surface area contributed by atoms with Crippen LogP contribution in [0.4, 0.5) is 11.4 Å². The molecular formula is C16H13BrN2O8.